The summed E-state index contributed by atoms with van der Waals surface area (Å²) in [4.78, 5) is 0. The van der Waals surface area contributed by atoms with Crippen LogP contribution in [0.2, 0.25) is 0 Å². The highest BCUT2D eigenvalue weighted by Gasteiger charge is 2.45. The van der Waals surface area contributed by atoms with Gasteiger partial charge in [-0.25, -0.2) is 0 Å². The molecule has 4 N–H and O–H groups in total. The van der Waals surface area contributed by atoms with Crippen LogP contribution in [0.25, 0.3) is 12.2 Å². The Morgan fingerprint density at radius 2 is 1.50 bits per heavy atom. The fourth-order valence-corrected chi connectivity index (χ4v) is 3.54. The Bertz CT molecular complexity index is 990. The van der Waals surface area contributed by atoms with Crippen molar-refractivity contribution in [2.75, 3.05) is 35.0 Å². The minimum atomic E-state index is -1.58. The Morgan fingerprint density at radius 1 is 0.794 bits per heavy atom. The van der Waals surface area contributed by atoms with Gasteiger partial charge < -0.3 is 48.8 Å². The first kappa shape index (κ1) is 25.6. The number of rotatable bonds is 9. The van der Waals surface area contributed by atoms with E-state index in [-0.39, 0.29) is 11.5 Å². The average Bonchev–Trinajstić information content (AvgIpc) is 2.87. The van der Waals surface area contributed by atoms with Crippen molar-refractivity contribution in [1.82, 2.24) is 0 Å². The number of aliphatic hydroxyl groups is 4. The first-order valence-corrected chi connectivity index (χ1v) is 10.5. The SMILES string of the molecule is COc1cc(/C=C/c2ccc(OC)c(OC)c2)c(O[C@@H]2O[C@H](CO)[C@@H](O)[C@H](O)[C@H]2O)c(OC)c1. The van der Waals surface area contributed by atoms with Crippen molar-refractivity contribution in [1.29, 1.82) is 0 Å². The molecule has 0 spiro atoms. The highest BCUT2D eigenvalue weighted by molar-refractivity contribution is 5.76. The van der Waals surface area contributed by atoms with Crippen molar-refractivity contribution in [3.8, 4) is 28.7 Å². The van der Waals surface area contributed by atoms with E-state index in [0.29, 0.717) is 22.8 Å². The van der Waals surface area contributed by atoms with E-state index in [2.05, 4.69) is 0 Å². The van der Waals surface area contributed by atoms with Crippen LogP contribution in [0.4, 0.5) is 0 Å². The van der Waals surface area contributed by atoms with Crippen LogP contribution in [-0.4, -0.2) is 86.2 Å². The van der Waals surface area contributed by atoms with Crippen molar-refractivity contribution in [3.63, 3.8) is 0 Å². The second kappa shape index (κ2) is 11.4. The highest BCUT2D eigenvalue weighted by atomic mass is 16.7. The van der Waals surface area contributed by atoms with Gasteiger partial charge in [0.1, 0.15) is 30.2 Å². The minimum Gasteiger partial charge on any atom is -0.497 e. The van der Waals surface area contributed by atoms with Crippen LogP contribution in [0.15, 0.2) is 30.3 Å². The second-order valence-electron chi connectivity index (χ2n) is 7.51. The number of aliphatic hydroxyl groups excluding tert-OH is 4. The summed E-state index contributed by atoms with van der Waals surface area (Å²) in [5, 5.41) is 40.0. The molecule has 1 heterocycles. The van der Waals surface area contributed by atoms with Gasteiger partial charge in [-0.3, -0.25) is 0 Å². The lowest BCUT2D eigenvalue weighted by Gasteiger charge is -2.39. The number of methoxy groups -OCH3 is 4. The molecule has 0 bridgehead atoms. The topological polar surface area (TPSA) is 136 Å². The zero-order valence-electron chi connectivity index (χ0n) is 19.4. The number of hydrogen-bond donors (Lipinski definition) is 4. The number of ether oxygens (including phenoxy) is 6. The molecule has 0 aromatic heterocycles. The highest BCUT2D eigenvalue weighted by Crippen LogP contribution is 2.39. The van der Waals surface area contributed by atoms with Crippen molar-refractivity contribution < 1.29 is 48.8 Å². The van der Waals surface area contributed by atoms with Crippen molar-refractivity contribution in [3.05, 3.63) is 41.5 Å². The molecule has 0 aliphatic carbocycles. The molecule has 1 aliphatic heterocycles. The third-order valence-corrected chi connectivity index (χ3v) is 5.46. The summed E-state index contributed by atoms with van der Waals surface area (Å²) >= 11 is 0. The lowest BCUT2D eigenvalue weighted by molar-refractivity contribution is -0.277. The summed E-state index contributed by atoms with van der Waals surface area (Å²) in [7, 11) is 6.05. The lowest BCUT2D eigenvalue weighted by Crippen LogP contribution is -2.60. The zero-order chi connectivity index (χ0) is 24.8. The average molecular weight is 478 g/mol. The Labute approximate surface area is 197 Å². The summed E-state index contributed by atoms with van der Waals surface area (Å²) in [6.07, 6.45) is -3.60. The van der Waals surface area contributed by atoms with Crippen molar-refractivity contribution in [2.24, 2.45) is 0 Å². The van der Waals surface area contributed by atoms with Gasteiger partial charge in [0, 0.05) is 11.6 Å². The molecule has 34 heavy (non-hydrogen) atoms. The summed E-state index contributed by atoms with van der Waals surface area (Å²) in [5.74, 6) is 2.12. The number of hydrogen-bond acceptors (Lipinski definition) is 10. The monoisotopic (exact) mass is 478 g/mol. The van der Waals surface area contributed by atoms with E-state index < -0.39 is 37.3 Å². The first-order chi connectivity index (χ1) is 16.4. The smallest absolute Gasteiger partial charge is 0.229 e. The van der Waals surface area contributed by atoms with E-state index in [1.807, 2.05) is 6.07 Å². The molecule has 1 aliphatic rings. The van der Waals surface area contributed by atoms with Gasteiger partial charge in [-0.1, -0.05) is 18.2 Å². The predicted molar refractivity (Wildman–Crippen MR) is 122 cm³/mol. The largest absolute Gasteiger partial charge is 0.497 e. The fourth-order valence-electron chi connectivity index (χ4n) is 3.54. The molecule has 2 aromatic rings. The van der Waals surface area contributed by atoms with Gasteiger partial charge in [-0.05, 0) is 23.8 Å². The predicted octanol–water partition coefficient (Wildman–Crippen LogP) is 1.07. The third-order valence-electron chi connectivity index (χ3n) is 5.46. The molecule has 10 nitrogen and oxygen atoms in total. The van der Waals surface area contributed by atoms with E-state index in [9.17, 15) is 20.4 Å². The van der Waals surface area contributed by atoms with Crippen LogP contribution in [-0.2, 0) is 4.74 Å². The minimum absolute atomic E-state index is 0.198. The molecule has 3 rings (SSSR count). The summed E-state index contributed by atoms with van der Waals surface area (Å²) < 4.78 is 32.8. The van der Waals surface area contributed by atoms with Crippen molar-refractivity contribution >= 4 is 12.2 Å². The third kappa shape index (κ3) is 5.37. The summed E-state index contributed by atoms with van der Waals surface area (Å²) in [6.45, 7) is -0.573. The van der Waals surface area contributed by atoms with E-state index in [0.717, 1.165) is 5.56 Å². The Morgan fingerprint density at radius 3 is 2.12 bits per heavy atom. The lowest BCUT2D eigenvalue weighted by atomic mass is 9.99. The zero-order valence-corrected chi connectivity index (χ0v) is 19.4. The van der Waals surface area contributed by atoms with Crippen LogP contribution >= 0.6 is 0 Å². The molecule has 1 fully saturated rings. The van der Waals surface area contributed by atoms with Gasteiger partial charge >= 0.3 is 0 Å². The quantitative estimate of drug-likeness (QED) is 0.388. The molecule has 10 heteroatoms. The summed E-state index contributed by atoms with van der Waals surface area (Å²) in [6, 6.07) is 8.69. The van der Waals surface area contributed by atoms with Crippen LogP contribution in [0, 0.1) is 0 Å². The van der Waals surface area contributed by atoms with Crippen LogP contribution in [0.1, 0.15) is 11.1 Å². The normalized spacial score (nSPS) is 24.6. The van der Waals surface area contributed by atoms with Gasteiger partial charge in [0.25, 0.3) is 0 Å². The van der Waals surface area contributed by atoms with Crippen LogP contribution < -0.4 is 23.7 Å². The van der Waals surface area contributed by atoms with E-state index in [1.165, 1.54) is 14.2 Å². The molecular formula is C24H30O10. The molecule has 0 saturated carbocycles. The Balaban J connectivity index is 1.98. The van der Waals surface area contributed by atoms with E-state index >= 15 is 0 Å². The Kier molecular flexibility index (Phi) is 8.59. The second-order valence-corrected chi connectivity index (χ2v) is 7.51. The maximum Gasteiger partial charge on any atom is 0.229 e. The molecule has 0 unspecified atom stereocenters. The maximum absolute atomic E-state index is 10.4. The maximum atomic E-state index is 10.4. The fraction of sp³-hybridized carbons (Fsp3) is 0.417. The molecule has 0 radical (unpaired) electrons. The van der Waals surface area contributed by atoms with Gasteiger partial charge in [-0.15, -0.1) is 0 Å². The summed E-state index contributed by atoms with van der Waals surface area (Å²) in [5.41, 5.74) is 1.32. The standard InChI is InChI=1S/C24H30O10/c1-29-15-10-14(7-5-13-6-8-16(30-2)17(9-13)31-3)23(18(11-15)32-4)34-24-22(28)21(27)20(26)19(12-25)33-24/h5-11,19-22,24-28H,12H2,1-4H3/b7-5+/t19-,20-,21+,22-,24+/m1/s1. The number of benzene rings is 2. The molecule has 0 amide bonds. The van der Waals surface area contributed by atoms with Gasteiger partial charge in [0.2, 0.25) is 6.29 Å². The molecule has 1 saturated heterocycles. The van der Waals surface area contributed by atoms with Crippen LogP contribution in [0.3, 0.4) is 0 Å². The molecule has 186 valence electrons. The van der Waals surface area contributed by atoms with E-state index in [4.69, 9.17) is 28.4 Å². The molecule has 5 atom stereocenters. The van der Waals surface area contributed by atoms with Gasteiger partial charge in [-0.2, -0.15) is 0 Å². The van der Waals surface area contributed by atoms with Crippen LogP contribution in [0.5, 0.6) is 28.7 Å². The molecule has 2 aromatic carbocycles. The van der Waals surface area contributed by atoms with E-state index in [1.54, 1.807) is 50.6 Å². The van der Waals surface area contributed by atoms with Gasteiger partial charge in [0.15, 0.2) is 23.0 Å². The van der Waals surface area contributed by atoms with Gasteiger partial charge in [0.05, 0.1) is 35.0 Å². The molecular weight excluding hydrogens is 448 g/mol. The first-order valence-electron chi connectivity index (χ1n) is 10.5. The van der Waals surface area contributed by atoms with Crippen molar-refractivity contribution in [2.45, 2.75) is 30.7 Å². The Hall–Kier alpha value is -3.02.